The molecule has 10 heteroatoms. The quantitative estimate of drug-likeness (QED) is 0.149. The Kier molecular flexibility index (Phi) is 11.6. The molecule has 0 unspecified atom stereocenters. The molecule has 3 amide bonds. The molecule has 10 nitrogen and oxygen atoms in total. The average Bonchev–Trinajstić information content (AvgIpc) is 3.76. The summed E-state index contributed by atoms with van der Waals surface area (Å²) in [7, 11) is 1.70. The number of carbonyl (C=O) groups excluding carboxylic acids is 4. The highest BCUT2D eigenvalue weighted by Crippen LogP contribution is 2.59. The van der Waals surface area contributed by atoms with E-state index in [9.17, 15) is 24.3 Å². The standard InChI is InChI=1S/C40H51N3O7/c1-7-9-20-31(45)41(6)28(5)35(29-18-11-10-12-19-29)49-39(48)32-30-21-22-40(50-30)33(32)37(46)43(24-13-14-25-44)36(40)38(47)42(23-8-2)34-26(3)16-15-17-27(34)4/h7-8,10-12,15-19,28,30,32-33,35-36,44H,1-2,9,13-14,20-25H2,3-6H3/t28-,30-,32+,33+,35+,36-,40+/m0/s1. The first-order chi connectivity index (χ1) is 24.0. The van der Waals surface area contributed by atoms with Crippen molar-refractivity contribution in [3.63, 3.8) is 0 Å². The van der Waals surface area contributed by atoms with Gasteiger partial charge in [0.25, 0.3) is 5.91 Å². The molecule has 50 heavy (non-hydrogen) atoms. The summed E-state index contributed by atoms with van der Waals surface area (Å²) in [5.41, 5.74) is 2.09. The van der Waals surface area contributed by atoms with Gasteiger partial charge in [-0.05, 0) is 69.6 Å². The summed E-state index contributed by atoms with van der Waals surface area (Å²) in [4.78, 5) is 61.8. The lowest BCUT2D eigenvalue weighted by Gasteiger charge is -2.37. The highest BCUT2D eigenvalue weighted by atomic mass is 16.6. The van der Waals surface area contributed by atoms with Crippen LogP contribution in [0.3, 0.4) is 0 Å². The molecule has 1 N–H and O–H groups in total. The fourth-order valence-electron chi connectivity index (χ4n) is 8.26. The van der Waals surface area contributed by atoms with Gasteiger partial charge in [0.1, 0.15) is 17.7 Å². The predicted molar refractivity (Wildman–Crippen MR) is 191 cm³/mol. The van der Waals surface area contributed by atoms with Gasteiger partial charge in [0.05, 0.1) is 24.0 Å². The number of likely N-dealkylation sites (tertiary alicyclic amines) is 1. The molecule has 0 aromatic heterocycles. The predicted octanol–water partition coefficient (Wildman–Crippen LogP) is 5.07. The van der Waals surface area contributed by atoms with E-state index in [-0.39, 0.29) is 43.8 Å². The number of aryl methyl sites for hydroxylation is 2. The summed E-state index contributed by atoms with van der Waals surface area (Å²) in [5, 5.41) is 9.56. The zero-order chi connectivity index (χ0) is 36.2. The Labute approximate surface area is 295 Å². The van der Waals surface area contributed by atoms with Crippen molar-refractivity contribution in [3.05, 3.63) is 90.5 Å². The van der Waals surface area contributed by atoms with Crippen LogP contribution in [0.5, 0.6) is 0 Å². The number of anilines is 1. The number of aliphatic hydroxyl groups excluding tert-OH is 1. The van der Waals surface area contributed by atoms with Crippen molar-refractivity contribution in [1.82, 2.24) is 9.80 Å². The van der Waals surface area contributed by atoms with Crippen LogP contribution in [0.15, 0.2) is 73.8 Å². The number of amides is 3. The first kappa shape index (κ1) is 37.0. The summed E-state index contributed by atoms with van der Waals surface area (Å²) < 4.78 is 13.0. The van der Waals surface area contributed by atoms with E-state index in [1.807, 2.05) is 69.3 Å². The van der Waals surface area contributed by atoms with Crippen LogP contribution < -0.4 is 4.90 Å². The molecule has 5 rings (SSSR count). The van der Waals surface area contributed by atoms with Crippen LogP contribution in [-0.4, -0.2) is 89.1 Å². The Bertz CT molecular complexity index is 1570. The van der Waals surface area contributed by atoms with Gasteiger partial charge in [-0.1, -0.05) is 60.7 Å². The van der Waals surface area contributed by atoms with Crippen LogP contribution in [0.25, 0.3) is 0 Å². The van der Waals surface area contributed by atoms with E-state index >= 15 is 0 Å². The molecule has 2 aromatic rings. The zero-order valence-electron chi connectivity index (χ0n) is 29.8. The number of rotatable bonds is 16. The van der Waals surface area contributed by atoms with Gasteiger partial charge < -0.3 is 29.3 Å². The van der Waals surface area contributed by atoms with E-state index in [1.54, 1.807) is 33.9 Å². The fraction of sp³-hybridized carbons (Fsp3) is 0.500. The number of benzene rings is 2. The first-order valence-electron chi connectivity index (χ1n) is 17.7. The Morgan fingerprint density at radius 2 is 1.78 bits per heavy atom. The second-order valence-electron chi connectivity index (χ2n) is 13.8. The van der Waals surface area contributed by atoms with Gasteiger partial charge in [-0.3, -0.25) is 19.2 Å². The molecule has 7 atom stereocenters. The number of likely N-dealkylation sites (N-methyl/N-ethyl adjacent to an activating group) is 1. The number of para-hydroxylation sites is 1. The number of hydrogen-bond donors (Lipinski definition) is 1. The smallest absolute Gasteiger partial charge is 0.313 e. The number of allylic oxidation sites excluding steroid dienone is 1. The Morgan fingerprint density at radius 1 is 1.08 bits per heavy atom. The van der Waals surface area contributed by atoms with E-state index in [4.69, 9.17) is 9.47 Å². The van der Waals surface area contributed by atoms with Crippen molar-refractivity contribution in [2.45, 2.75) is 89.2 Å². The third-order valence-corrected chi connectivity index (χ3v) is 10.8. The van der Waals surface area contributed by atoms with Gasteiger partial charge in [-0.15, -0.1) is 13.2 Å². The topological polar surface area (TPSA) is 117 Å². The maximum absolute atomic E-state index is 14.9. The number of aliphatic hydroxyl groups is 1. The second-order valence-corrected chi connectivity index (χ2v) is 13.8. The molecule has 3 aliphatic rings. The van der Waals surface area contributed by atoms with Crippen molar-refractivity contribution in [2.75, 3.05) is 31.6 Å². The maximum Gasteiger partial charge on any atom is 0.313 e. The number of nitrogens with zero attached hydrogens (tertiary/aromatic N) is 3. The van der Waals surface area contributed by atoms with Crippen molar-refractivity contribution in [2.24, 2.45) is 11.8 Å². The minimum Gasteiger partial charge on any atom is -0.455 e. The third-order valence-electron chi connectivity index (χ3n) is 10.8. The highest BCUT2D eigenvalue weighted by molar-refractivity contribution is 6.05. The molecule has 268 valence electrons. The van der Waals surface area contributed by atoms with Gasteiger partial charge in [-0.2, -0.15) is 0 Å². The van der Waals surface area contributed by atoms with Crippen molar-refractivity contribution < 1.29 is 33.8 Å². The lowest BCUT2D eigenvalue weighted by atomic mass is 9.70. The summed E-state index contributed by atoms with van der Waals surface area (Å²) >= 11 is 0. The Balaban J connectivity index is 1.50. The van der Waals surface area contributed by atoms with Crippen LogP contribution in [0.2, 0.25) is 0 Å². The molecule has 2 aromatic carbocycles. The molecule has 1 spiro atoms. The van der Waals surface area contributed by atoms with Gasteiger partial charge in [-0.25, -0.2) is 0 Å². The summed E-state index contributed by atoms with van der Waals surface area (Å²) in [6.07, 6.45) is 4.65. The van der Waals surface area contributed by atoms with Crippen LogP contribution in [0.4, 0.5) is 5.69 Å². The molecular formula is C40H51N3O7. The molecule has 3 aliphatic heterocycles. The number of unbranched alkanes of at least 4 members (excludes halogenated alkanes) is 1. The van der Waals surface area contributed by atoms with E-state index in [1.165, 1.54) is 0 Å². The van der Waals surface area contributed by atoms with Gasteiger partial charge in [0.2, 0.25) is 11.8 Å². The molecule has 0 aliphatic carbocycles. The number of hydrogen-bond acceptors (Lipinski definition) is 7. The number of fused-ring (bicyclic) bond motifs is 1. The first-order valence-corrected chi connectivity index (χ1v) is 17.7. The largest absolute Gasteiger partial charge is 0.455 e. The number of ether oxygens (including phenoxy) is 2. The number of esters is 1. The fourth-order valence-corrected chi connectivity index (χ4v) is 8.26. The number of carbonyl (C=O) groups is 4. The summed E-state index contributed by atoms with van der Waals surface area (Å²) in [6, 6.07) is 13.6. The van der Waals surface area contributed by atoms with E-state index in [0.29, 0.717) is 32.1 Å². The van der Waals surface area contributed by atoms with Crippen molar-refractivity contribution in [1.29, 1.82) is 0 Å². The monoisotopic (exact) mass is 685 g/mol. The normalized spacial score (nSPS) is 24.7. The zero-order valence-corrected chi connectivity index (χ0v) is 29.8. The minimum atomic E-state index is -1.22. The van der Waals surface area contributed by atoms with Crippen molar-refractivity contribution >= 4 is 29.4 Å². The van der Waals surface area contributed by atoms with Gasteiger partial charge >= 0.3 is 5.97 Å². The lowest BCUT2D eigenvalue weighted by Crippen LogP contribution is -2.56. The van der Waals surface area contributed by atoms with Crippen molar-refractivity contribution in [3.8, 4) is 0 Å². The molecule has 0 radical (unpaired) electrons. The molecule has 3 heterocycles. The Morgan fingerprint density at radius 3 is 2.42 bits per heavy atom. The molecule has 3 fully saturated rings. The Hall–Kier alpha value is -4.28. The van der Waals surface area contributed by atoms with E-state index in [2.05, 4.69) is 13.2 Å². The van der Waals surface area contributed by atoms with E-state index < -0.39 is 47.7 Å². The summed E-state index contributed by atoms with van der Waals surface area (Å²) in [6.45, 7) is 13.8. The van der Waals surface area contributed by atoms with Crippen LogP contribution in [-0.2, 0) is 28.7 Å². The van der Waals surface area contributed by atoms with Crippen LogP contribution in [0.1, 0.15) is 68.2 Å². The maximum atomic E-state index is 14.9. The molecule has 2 bridgehead atoms. The van der Waals surface area contributed by atoms with E-state index in [0.717, 1.165) is 22.4 Å². The highest BCUT2D eigenvalue weighted by Gasteiger charge is 2.75. The molecular weight excluding hydrogens is 634 g/mol. The van der Waals surface area contributed by atoms with Gasteiger partial charge in [0.15, 0.2) is 0 Å². The van der Waals surface area contributed by atoms with Crippen LogP contribution >= 0.6 is 0 Å². The van der Waals surface area contributed by atoms with Crippen LogP contribution in [0, 0.1) is 25.7 Å². The van der Waals surface area contributed by atoms with Gasteiger partial charge in [0, 0.05) is 38.9 Å². The third kappa shape index (κ3) is 6.75. The lowest BCUT2D eigenvalue weighted by molar-refractivity contribution is -0.164. The SMILES string of the molecule is C=CCCC(=O)N(C)[C@@H](C)[C@@H](OC(=O)[C@@H]1[C@@H]2CC[C@]3(O2)[C@H](C(=O)N(CC=C)c2c(C)cccc2C)N(CCCCO)C(=O)[C@@H]13)c1ccccc1. The summed E-state index contributed by atoms with van der Waals surface area (Å²) in [5.74, 6) is -3.13. The molecule has 3 saturated heterocycles. The molecule has 0 saturated carbocycles. The average molecular weight is 686 g/mol. The second kappa shape index (κ2) is 15.7. The minimum absolute atomic E-state index is 0.0443.